The van der Waals surface area contributed by atoms with Crippen molar-refractivity contribution in [2.75, 3.05) is 6.54 Å². The first-order valence-electron chi connectivity index (χ1n) is 5.16. The van der Waals surface area contributed by atoms with Gasteiger partial charge in [-0.15, -0.1) is 0 Å². The van der Waals surface area contributed by atoms with Gasteiger partial charge in [0.1, 0.15) is 6.54 Å². The molecule has 0 aromatic heterocycles. The molecule has 10 heteroatoms. The normalized spacial score (nSPS) is 12.4. The minimum absolute atomic E-state index is 0.323. The van der Waals surface area contributed by atoms with Crippen LogP contribution in [-0.4, -0.2) is 18.6 Å². The van der Waals surface area contributed by atoms with E-state index in [-0.39, 0.29) is 5.56 Å². The first-order chi connectivity index (χ1) is 9.40. The predicted molar refractivity (Wildman–Crippen MR) is 63.9 cm³/mol. The zero-order chi connectivity index (χ0) is 16.4. The number of nitrogens with one attached hydrogen (secondary N) is 1. The summed E-state index contributed by atoms with van der Waals surface area (Å²) in [5.74, 6) is -1.21. The lowest BCUT2D eigenvalue weighted by atomic mass is 10.1. The first-order valence-corrected chi connectivity index (χ1v) is 5.91. The predicted octanol–water partition coefficient (Wildman–Crippen LogP) is 4.24. The SMILES string of the molecule is O=C([CH]c1cc(Cl)c(Cl)c(C(F)(F)F)c1)NCC(F)(F)F. The van der Waals surface area contributed by atoms with Gasteiger partial charge in [-0.2, -0.15) is 26.3 Å². The number of halogens is 8. The van der Waals surface area contributed by atoms with E-state index in [1.165, 1.54) is 5.32 Å². The van der Waals surface area contributed by atoms with Gasteiger partial charge in [0, 0.05) is 0 Å². The van der Waals surface area contributed by atoms with E-state index >= 15 is 0 Å². The van der Waals surface area contributed by atoms with Gasteiger partial charge in [0.15, 0.2) is 0 Å². The molecule has 0 atom stereocenters. The Kier molecular flexibility index (Phi) is 5.38. The van der Waals surface area contributed by atoms with Crippen molar-refractivity contribution in [1.29, 1.82) is 0 Å². The van der Waals surface area contributed by atoms with Crippen LogP contribution in [0.15, 0.2) is 12.1 Å². The van der Waals surface area contributed by atoms with Crippen LogP contribution in [0.25, 0.3) is 0 Å². The molecule has 0 fully saturated rings. The van der Waals surface area contributed by atoms with Crippen molar-refractivity contribution in [3.63, 3.8) is 0 Å². The van der Waals surface area contributed by atoms with Crippen molar-refractivity contribution in [3.05, 3.63) is 39.7 Å². The van der Waals surface area contributed by atoms with Crippen molar-refractivity contribution < 1.29 is 31.1 Å². The van der Waals surface area contributed by atoms with Crippen molar-refractivity contribution >= 4 is 29.1 Å². The van der Waals surface area contributed by atoms with Crippen molar-refractivity contribution in [2.24, 2.45) is 0 Å². The molecule has 2 nitrogen and oxygen atoms in total. The second kappa shape index (κ2) is 6.31. The highest BCUT2D eigenvalue weighted by Crippen LogP contribution is 2.39. The molecule has 1 aromatic carbocycles. The lowest BCUT2D eigenvalue weighted by Gasteiger charge is -2.13. The Morgan fingerprint density at radius 3 is 2.19 bits per heavy atom. The second-order valence-corrected chi connectivity index (χ2v) is 4.62. The molecule has 1 radical (unpaired) electrons. The van der Waals surface area contributed by atoms with E-state index < -0.39 is 40.4 Å². The number of hydrogen-bond acceptors (Lipinski definition) is 1. The minimum Gasteiger partial charge on any atom is -0.346 e. The zero-order valence-corrected chi connectivity index (χ0v) is 11.4. The maximum atomic E-state index is 12.6. The molecule has 0 spiro atoms. The van der Waals surface area contributed by atoms with Crippen LogP contribution in [0.2, 0.25) is 10.0 Å². The Morgan fingerprint density at radius 1 is 1.14 bits per heavy atom. The Morgan fingerprint density at radius 2 is 1.71 bits per heavy atom. The molecule has 21 heavy (non-hydrogen) atoms. The van der Waals surface area contributed by atoms with E-state index in [1.54, 1.807) is 0 Å². The number of hydrogen-bond donors (Lipinski definition) is 1. The fourth-order valence-electron chi connectivity index (χ4n) is 1.29. The van der Waals surface area contributed by atoms with Gasteiger partial charge in [-0.3, -0.25) is 4.79 Å². The summed E-state index contributed by atoms with van der Waals surface area (Å²) in [5.41, 5.74) is -1.61. The van der Waals surface area contributed by atoms with E-state index in [0.717, 1.165) is 6.07 Å². The summed E-state index contributed by atoms with van der Waals surface area (Å²) in [4.78, 5) is 11.2. The fourth-order valence-corrected chi connectivity index (χ4v) is 1.73. The second-order valence-electron chi connectivity index (χ2n) is 3.84. The summed E-state index contributed by atoms with van der Waals surface area (Å²) in [6.07, 6.45) is -8.88. The number of benzene rings is 1. The van der Waals surface area contributed by atoms with Gasteiger partial charge in [0.25, 0.3) is 0 Å². The summed E-state index contributed by atoms with van der Waals surface area (Å²) in [5, 5.41) is 0.263. The molecule has 0 aliphatic carbocycles. The monoisotopic (exact) mass is 352 g/mol. The zero-order valence-electron chi connectivity index (χ0n) is 9.87. The molecule has 1 N–H and O–H groups in total. The van der Waals surface area contributed by atoms with Crippen LogP contribution in [0.1, 0.15) is 11.1 Å². The Labute approximate surface area is 125 Å². The summed E-state index contributed by atoms with van der Waals surface area (Å²) >= 11 is 10.9. The first kappa shape index (κ1) is 17.9. The molecule has 0 heterocycles. The number of carbonyl (C=O) groups is 1. The molecule has 0 saturated heterocycles. The summed E-state index contributed by atoms with van der Waals surface area (Å²) in [6, 6.07) is 1.45. The Balaban J connectivity index is 2.90. The third-order valence-corrected chi connectivity index (χ3v) is 2.92. The van der Waals surface area contributed by atoms with Gasteiger partial charge < -0.3 is 5.32 Å². The number of alkyl halides is 6. The van der Waals surface area contributed by atoms with Crippen LogP contribution >= 0.6 is 23.2 Å². The van der Waals surface area contributed by atoms with Gasteiger partial charge in [-0.25, -0.2) is 0 Å². The minimum atomic E-state index is -4.81. The van der Waals surface area contributed by atoms with Crippen LogP contribution in [-0.2, 0) is 11.0 Å². The average molecular weight is 353 g/mol. The third-order valence-electron chi connectivity index (χ3n) is 2.12. The maximum Gasteiger partial charge on any atom is 0.417 e. The molecule has 1 aromatic rings. The van der Waals surface area contributed by atoms with Gasteiger partial charge in [-0.1, -0.05) is 23.2 Å². The fraction of sp³-hybridized carbons (Fsp3) is 0.273. The van der Waals surface area contributed by atoms with E-state index in [9.17, 15) is 31.1 Å². The number of rotatable bonds is 3. The summed E-state index contributed by atoms with van der Waals surface area (Å²) in [7, 11) is 0. The van der Waals surface area contributed by atoms with Crippen LogP contribution < -0.4 is 5.32 Å². The Bertz CT molecular complexity index is 541. The molecule has 0 bridgehead atoms. The summed E-state index contributed by atoms with van der Waals surface area (Å²) < 4.78 is 73.6. The van der Waals surface area contributed by atoms with Gasteiger partial charge in [-0.05, 0) is 17.7 Å². The molecule has 117 valence electrons. The van der Waals surface area contributed by atoms with Crippen molar-refractivity contribution in [2.45, 2.75) is 12.4 Å². The largest absolute Gasteiger partial charge is 0.417 e. The molecule has 0 unspecified atom stereocenters. The van der Waals surface area contributed by atoms with Crippen LogP contribution in [0, 0.1) is 6.42 Å². The highest BCUT2D eigenvalue weighted by molar-refractivity contribution is 6.42. The van der Waals surface area contributed by atoms with Crippen molar-refractivity contribution in [3.8, 4) is 0 Å². The van der Waals surface area contributed by atoms with Crippen molar-refractivity contribution in [1.82, 2.24) is 5.32 Å². The van der Waals surface area contributed by atoms with Crippen LogP contribution in [0.5, 0.6) is 0 Å². The van der Waals surface area contributed by atoms with Gasteiger partial charge in [0.2, 0.25) is 5.91 Å². The standard InChI is InChI=1S/C11H6Cl2F6NO/c12-7-2-5(1-6(9(7)13)11(17,18)19)3-8(21)20-4-10(14,15)16/h1-3H,4H2,(H,20,21). The van der Waals surface area contributed by atoms with Crippen LogP contribution in [0.4, 0.5) is 26.3 Å². The molecular formula is C11H6Cl2F6NO. The number of carbonyl (C=O) groups excluding carboxylic acids is 1. The quantitative estimate of drug-likeness (QED) is 0.810. The topological polar surface area (TPSA) is 29.1 Å². The van der Waals surface area contributed by atoms with Crippen LogP contribution in [0.3, 0.4) is 0 Å². The number of amides is 1. The molecule has 0 saturated carbocycles. The van der Waals surface area contributed by atoms with Gasteiger partial charge >= 0.3 is 12.4 Å². The highest BCUT2D eigenvalue weighted by Gasteiger charge is 2.35. The third kappa shape index (κ3) is 5.62. The van der Waals surface area contributed by atoms with Gasteiger partial charge in [0.05, 0.1) is 22.0 Å². The maximum absolute atomic E-state index is 12.6. The lowest BCUT2D eigenvalue weighted by Crippen LogP contribution is -2.34. The van der Waals surface area contributed by atoms with E-state index in [2.05, 4.69) is 0 Å². The molecular weight excluding hydrogens is 347 g/mol. The molecule has 1 rings (SSSR count). The summed E-state index contributed by atoms with van der Waals surface area (Å²) in [6.45, 7) is -1.60. The average Bonchev–Trinajstić information content (AvgIpc) is 2.28. The Hall–Kier alpha value is -1.15. The lowest BCUT2D eigenvalue weighted by molar-refractivity contribution is -0.137. The molecule has 0 aliphatic heterocycles. The highest BCUT2D eigenvalue weighted by atomic mass is 35.5. The van der Waals surface area contributed by atoms with E-state index in [0.29, 0.717) is 12.5 Å². The molecule has 0 aliphatic rings. The van der Waals surface area contributed by atoms with E-state index in [1.807, 2.05) is 0 Å². The smallest absolute Gasteiger partial charge is 0.346 e. The molecule has 1 amide bonds. The van der Waals surface area contributed by atoms with E-state index in [4.69, 9.17) is 23.2 Å².